The molecule has 19 heavy (non-hydrogen) atoms. The Morgan fingerprint density at radius 1 is 1.37 bits per heavy atom. The Labute approximate surface area is 113 Å². The quantitative estimate of drug-likeness (QED) is 0.878. The van der Waals surface area contributed by atoms with Gasteiger partial charge in [-0.1, -0.05) is 13.8 Å². The largest absolute Gasteiger partial charge is 0.326 e. The summed E-state index contributed by atoms with van der Waals surface area (Å²) in [6.07, 6.45) is 0.498. The fourth-order valence-corrected chi connectivity index (χ4v) is 2.23. The van der Waals surface area contributed by atoms with Gasteiger partial charge in [0, 0.05) is 17.8 Å². The molecule has 4 nitrogen and oxygen atoms in total. The molecule has 0 unspecified atom stereocenters. The smallest absolute Gasteiger partial charge is 0.234 e. The third-order valence-corrected chi connectivity index (χ3v) is 3.39. The maximum Gasteiger partial charge on any atom is 0.234 e. The van der Waals surface area contributed by atoms with Crippen molar-refractivity contribution < 1.29 is 9.59 Å². The number of fused-ring (bicyclic) bond motifs is 1. The molecule has 102 valence electrons. The summed E-state index contributed by atoms with van der Waals surface area (Å²) >= 11 is 0. The molecule has 0 radical (unpaired) electrons. The number of amides is 2. The highest BCUT2D eigenvalue weighted by Gasteiger charge is 2.38. The summed E-state index contributed by atoms with van der Waals surface area (Å²) in [6, 6.07) is 5.54. The third kappa shape index (κ3) is 2.62. The van der Waals surface area contributed by atoms with E-state index < -0.39 is 5.41 Å². The summed E-state index contributed by atoms with van der Waals surface area (Å²) < 4.78 is 0. The van der Waals surface area contributed by atoms with Crippen molar-refractivity contribution in [2.45, 2.75) is 39.5 Å². The van der Waals surface area contributed by atoms with Crippen molar-refractivity contribution >= 4 is 23.2 Å². The molecule has 0 aliphatic carbocycles. The van der Waals surface area contributed by atoms with Gasteiger partial charge < -0.3 is 10.6 Å². The summed E-state index contributed by atoms with van der Waals surface area (Å²) in [5, 5.41) is 5.73. The van der Waals surface area contributed by atoms with Gasteiger partial charge in [-0.3, -0.25) is 9.59 Å². The van der Waals surface area contributed by atoms with Crippen LogP contribution >= 0.6 is 0 Å². The second-order valence-corrected chi connectivity index (χ2v) is 5.99. The molecule has 4 heteroatoms. The molecule has 2 N–H and O–H groups in total. The van der Waals surface area contributed by atoms with E-state index in [1.165, 1.54) is 0 Å². The maximum atomic E-state index is 11.8. The maximum absolute atomic E-state index is 11.8. The Morgan fingerprint density at radius 2 is 2.05 bits per heavy atom. The van der Waals surface area contributed by atoms with Gasteiger partial charge in [0.25, 0.3) is 0 Å². The first-order chi connectivity index (χ1) is 8.80. The molecule has 0 saturated heterocycles. The zero-order valence-corrected chi connectivity index (χ0v) is 11.8. The molecular weight excluding hydrogens is 240 g/mol. The van der Waals surface area contributed by atoms with Crippen molar-refractivity contribution in [1.82, 2.24) is 0 Å². The Hall–Kier alpha value is -1.84. The highest BCUT2D eigenvalue weighted by atomic mass is 16.2. The van der Waals surface area contributed by atoms with Crippen molar-refractivity contribution in [3.05, 3.63) is 23.8 Å². The first kappa shape index (κ1) is 13.6. The van der Waals surface area contributed by atoms with Gasteiger partial charge in [-0.05, 0) is 43.5 Å². The molecule has 0 fully saturated rings. The molecule has 0 bridgehead atoms. The first-order valence-corrected chi connectivity index (χ1v) is 6.56. The van der Waals surface area contributed by atoms with Gasteiger partial charge in [-0.15, -0.1) is 0 Å². The monoisotopic (exact) mass is 260 g/mol. The minimum Gasteiger partial charge on any atom is -0.326 e. The lowest BCUT2D eigenvalue weighted by atomic mass is 9.86. The number of hydrogen-bond acceptors (Lipinski definition) is 2. The Morgan fingerprint density at radius 3 is 2.68 bits per heavy atom. The van der Waals surface area contributed by atoms with E-state index in [1.54, 1.807) is 0 Å². The second-order valence-electron chi connectivity index (χ2n) is 5.99. The van der Waals surface area contributed by atoms with Gasteiger partial charge in [-0.25, -0.2) is 0 Å². The van der Waals surface area contributed by atoms with Crippen LogP contribution in [-0.2, 0) is 15.0 Å². The highest BCUT2D eigenvalue weighted by molar-refractivity contribution is 6.06. The molecule has 1 aromatic rings. The van der Waals surface area contributed by atoms with E-state index in [9.17, 15) is 9.59 Å². The number of anilines is 2. The SMILES string of the molecule is CC(C)CC(=O)Nc1ccc2c(c1)C(C)(C)C(=O)N2. The minimum absolute atomic E-state index is 0.00467. The van der Waals surface area contributed by atoms with E-state index in [0.717, 1.165) is 16.9 Å². The Balaban J connectivity index is 2.21. The van der Waals surface area contributed by atoms with E-state index in [1.807, 2.05) is 45.9 Å². The van der Waals surface area contributed by atoms with Gasteiger partial charge in [0.05, 0.1) is 5.41 Å². The van der Waals surface area contributed by atoms with Gasteiger partial charge in [0.1, 0.15) is 0 Å². The normalized spacial score (nSPS) is 16.2. The van der Waals surface area contributed by atoms with Crippen LogP contribution in [-0.4, -0.2) is 11.8 Å². The van der Waals surface area contributed by atoms with Crippen LogP contribution in [0.2, 0.25) is 0 Å². The molecule has 0 atom stereocenters. The molecule has 0 saturated carbocycles. The van der Waals surface area contributed by atoms with Crippen molar-refractivity contribution in [1.29, 1.82) is 0 Å². The van der Waals surface area contributed by atoms with Crippen LogP contribution in [0.3, 0.4) is 0 Å². The molecular formula is C15H20N2O2. The molecule has 1 aromatic carbocycles. The molecule has 1 heterocycles. The highest BCUT2D eigenvalue weighted by Crippen LogP contribution is 2.38. The summed E-state index contributed by atoms with van der Waals surface area (Å²) in [5.74, 6) is 0.326. The van der Waals surface area contributed by atoms with Gasteiger partial charge in [0.2, 0.25) is 11.8 Å². The zero-order valence-electron chi connectivity index (χ0n) is 11.8. The predicted molar refractivity (Wildman–Crippen MR) is 76.2 cm³/mol. The van der Waals surface area contributed by atoms with Crippen LogP contribution in [0.25, 0.3) is 0 Å². The number of carbonyl (C=O) groups excluding carboxylic acids is 2. The van der Waals surface area contributed by atoms with Crippen LogP contribution in [0.4, 0.5) is 11.4 Å². The minimum atomic E-state index is -0.548. The second kappa shape index (κ2) is 4.68. The van der Waals surface area contributed by atoms with E-state index in [0.29, 0.717) is 12.3 Å². The lowest BCUT2D eigenvalue weighted by Crippen LogP contribution is -2.26. The molecule has 0 aromatic heterocycles. The van der Waals surface area contributed by atoms with Gasteiger partial charge >= 0.3 is 0 Å². The summed E-state index contributed by atoms with van der Waals surface area (Å²) in [7, 11) is 0. The number of benzene rings is 1. The van der Waals surface area contributed by atoms with Crippen LogP contribution in [0.1, 0.15) is 39.7 Å². The average molecular weight is 260 g/mol. The van der Waals surface area contributed by atoms with Gasteiger partial charge in [0.15, 0.2) is 0 Å². The van der Waals surface area contributed by atoms with Crippen molar-refractivity contribution in [2.24, 2.45) is 5.92 Å². The molecule has 0 spiro atoms. The van der Waals surface area contributed by atoms with E-state index in [-0.39, 0.29) is 11.8 Å². The fraction of sp³-hybridized carbons (Fsp3) is 0.467. The Kier molecular flexibility index (Phi) is 3.35. The Bertz CT molecular complexity index is 533. The predicted octanol–water partition coefficient (Wildman–Crippen LogP) is 2.90. The number of nitrogens with one attached hydrogen (secondary N) is 2. The fourth-order valence-electron chi connectivity index (χ4n) is 2.23. The van der Waals surface area contributed by atoms with Crippen molar-refractivity contribution in [2.75, 3.05) is 10.6 Å². The summed E-state index contributed by atoms with van der Waals surface area (Å²) in [5.41, 5.74) is 1.96. The lowest BCUT2D eigenvalue weighted by molar-refractivity contribution is -0.119. The van der Waals surface area contributed by atoms with Crippen molar-refractivity contribution in [3.8, 4) is 0 Å². The van der Waals surface area contributed by atoms with Crippen LogP contribution in [0.5, 0.6) is 0 Å². The zero-order chi connectivity index (χ0) is 14.2. The average Bonchev–Trinajstić information content (AvgIpc) is 2.50. The van der Waals surface area contributed by atoms with Gasteiger partial charge in [-0.2, -0.15) is 0 Å². The molecule has 1 aliphatic rings. The molecule has 2 amide bonds. The standard InChI is InChI=1S/C15H20N2O2/c1-9(2)7-13(18)16-10-5-6-12-11(8-10)15(3,4)14(19)17-12/h5-6,8-9H,7H2,1-4H3,(H,16,18)(H,17,19). The lowest BCUT2D eigenvalue weighted by Gasteiger charge is -2.16. The summed E-state index contributed by atoms with van der Waals surface area (Å²) in [4.78, 5) is 23.6. The van der Waals surface area contributed by atoms with Crippen molar-refractivity contribution in [3.63, 3.8) is 0 Å². The number of hydrogen-bond donors (Lipinski definition) is 2. The van der Waals surface area contributed by atoms with E-state index in [4.69, 9.17) is 0 Å². The first-order valence-electron chi connectivity index (χ1n) is 6.56. The summed E-state index contributed by atoms with van der Waals surface area (Å²) in [6.45, 7) is 7.78. The number of carbonyl (C=O) groups is 2. The van der Waals surface area contributed by atoms with E-state index >= 15 is 0 Å². The molecule has 1 aliphatic heterocycles. The van der Waals surface area contributed by atoms with Crippen LogP contribution in [0.15, 0.2) is 18.2 Å². The topological polar surface area (TPSA) is 58.2 Å². The number of rotatable bonds is 3. The third-order valence-electron chi connectivity index (χ3n) is 3.39. The van der Waals surface area contributed by atoms with Crippen LogP contribution in [0, 0.1) is 5.92 Å². The van der Waals surface area contributed by atoms with E-state index in [2.05, 4.69) is 10.6 Å². The van der Waals surface area contributed by atoms with Crippen LogP contribution < -0.4 is 10.6 Å². The molecule has 2 rings (SSSR count).